The molecule has 19 heavy (non-hydrogen) atoms. The monoisotopic (exact) mass is 282 g/mol. The van der Waals surface area contributed by atoms with Gasteiger partial charge in [-0.05, 0) is 30.0 Å². The third kappa shape index (κ3) is 2.69. The average Bonchev–Trinajstić information content (AvgIpc) is 2.88. The third-order valence-corrected chi connectivity index (χ3v) is 4.07. The van der Waals surface area contributed by atoms with Crippen LogP contribution in [0.3, 0.4) is 0 Å². The zero-order chi connectivity index (χ0) is 12.8. The van der Waals surface area contributed by atoms with Gasteiger partial charge >= 0.3 is 0 Å². The molecular weight excluding hydrogens is 264 g/mol. The number of hydrogen-bond acceptors (Lipinski definition) is 3. The number of carbonyl (C=O) groups is 1. The Balaban J connectivity index is 0.00000133. The number of hydrogen-bond donors (Lipinski definition) is 1. The summed E-state index contributed by atoms with van der Waals surface area (Å²) in [5.41, 5.74) is 7.06. The van der Waals surface area contributed by atoms with Gasteiger partial charge in [-0.15, -0.1) is 12.4 Å². The maximum absolute atomic E-state index is 12.1. The minimum Gasteiger partial charge on any atom is -0.497 e. The highest BCUT2D eigenvalue weighted by atomic mass is 35.5. The van der Waals surface area contributed by atoms with Crippen molar-refractivity contribution in [1.82, 2.24) is 4.90 Å². The van der Waals surface area contributed by atoms with Gasteiger partial charge in [-0.3, -0.25) is 4.79 Å². The van der Waals surface area contributed by atoms with Crippen molar-refractivity contribution in [3.8, 4) is 5.75 Å². The van der Waals surface area contributed by atoms with Crippen LogP contribution in [-0.2, 0) is 11.2 Å². The Labute approximate surface area is 119 Å². The van der Waals surface area contributed by atoms with Gasteiger partial charge in [0.05, 0.1) is 13.5 Å². The predicted octanol–water partition coefficient (Wildman–Crippen LogP) is 1.22. The van der Waals surface area contributed by atoms with Crippen LogP contribution < -0.4 is 10.5 Å². The summed E-state index contributed by atoms with van der Waals surface area (Å²) in [6, 6.07) is 7.64. The molecule has 3 rings (SSSR count). The van der Waals surface area contributed by atoms with Crippen LogP contribution in [0.4, 0.5) is 0 Å². The molecule has 1 aliphatic heterocycles. The van der Waals surface area contributed by atoms with Gasteiger partial charge in [0.25, 0.3) is 0 Å². The number of nitrogens with two attached hydrogens (primary N) is 1. The van der Waals surface area contributed by atoms with Gasteiger partial charge in [0.2, 0.25) is 5.91 Å². The topological polar surface area (TPSA) is 55.6 Å². The lowest BCUT2D eigenvalue weighted by atomic mass is 10.1. The highest BCUT2D eigenvalue weighted by molar-refractivity contribution is 5.85. The van der Waals surface area contributed by atoms with E-state index in [1.54, 1.807) is 7.11 Å². The molecule has 1 saturated heterocycles. The smallest absolute Gasteiger partial charge is 0.227 e. The Morgan fingerprint density at radius 1 is 1.47 bits per heavy atom. The van der Waals surface area contributed by atoms with Crippen molar-refractivity contribution in [2.45, 2.75) is 18.4 Å². The van der Waals surface area contributed by atoms with Crippen molar-refractivity contribution in [2.75, 3.05) is 20.2 Å². The lowest BCUT2D eigenvalue weighted by Crippen LogP contribution is -2.37. The summed E-state index contributed by atoms with van der Waals surface area (Å²) in [5.74, 6) is 1.53. The molecule has 2 fully saturated rings. The maximum Gasteiger partial charge on any atom is 0.227 e. The number of benzene rings is 1. The Morgan fingerprint density at radius 2 is 2.16 bits per heavy atom. The van der Waals surface area contributed by atoms with Gasteiger partial charge in [-0.2, -0.15) is 0 Å². The second kappa shape index (κ2) is 5.02. The van der Waals surface area contributed by atoms with Crippen molar-refractivity contribution in [2.24, 2.45) is 11.7 Å². The SMILES string of the molecule is COc1ccc(CC(=O)N2CC3CC3(N)C2)cc1.Cl. The molecule has 1 amide bonds. The number of nitrogens with zero attached hydrogens (tertiary/aromatic N) is 1. The van der Waals surface area contributed by atoms with Crippen LogP contribution in [0.1, 0.15) is 12.0 Å². The Hall–Kier alpha value is -1.26. The molecule has 0 aromatic heterocycles. The first kappa shape index (κ1) is 14.2. The van der Waals surface area contributed by atoms with Crippen LogP contribution in [0.25, 0.3) is 0 Å². The summed E-state index contributed by atoms with van der Waals surface area (Å²) in [6.45, 7) is 1.57. The van der Waals surface area contributed by atoms with Gasteiger partial charge in [-0.1, -0.05) is 12.1 Å². The number of methoxy groups -OCH3 is 1. The van der Waals surface area contributed by atoms with Crippen LogP contribution in [0.5, 0.6) is 5.75 Å². The normalized spacial score (nSPS) is 27.5. The fourth-order valence-electron chi connectivity index (χ4n) is 2.75. The molecule has 1 aromatic carbocycles. The third-order valence-electron chi connectivity index (χ3n) is 4.07. The van der Waals surface area contributed by atoms with Gasteiger partial charge in [0.1, 0.15) is 5.75 Å². The zero-order valence-corrected chi connectivity index (χ0v) is 11.8. The molecule has 0 radical (unpaired) electrons. The number of halogens is 1. The maximum atomic E-state index is 12.1. The summed E-state index contributed by atoms with van der Waals surface area (Å²) >= 11 is 0. The van der Waals surface area contributed by atoms with Crippen molar-refractivity contribution in [1.29, 1.82) is 0 Å². The number of fused-ring (bicyclic) bond motifs is 1. The lowest BCUT2D eigenvalue weighted by Gasteiger charge is -2.19. The largest absolute Gasteiger partial charge is 0.497 e. The summed E-state index contributed by atoms with van der Waals surface area (Å²) < 4.78 is 5.10. The van der Waals surface area contributed by atoms with E-state index in [1.165, 1.54) is 0 Å². The molecule has 2 N–H and O–H groups in total. The molecule has 1 saturated carbocycles. The first-order chi connectivity index (χ1) is 8.60. The van der Waals surface area contributed by atoms with E-state index in [-0.39, 0.29) is 23.9 Å². The molecule has 1 heterocycles. The van der Waals surface area contributed by atoms with Gasteiger partial charge in [0, 0.05) is 18.6 Å². The second-order valence-electron chi connectivity index (χ2n) is 5.43. The number of amides is 1. The Morgan fingerprint density at radius 3 is 2.68 bits per heavy atom. The van der Waals surface area contributed by atoms with Gasteiger partial charge in [-0.25, -0.2) is 0 Å². The van der Waals surface area contributed by atoms with Crippen molar-refractivity contribution in [3.63, 3.8) is 0 Å². The number of rotatable bonds is 3. The van der Waals surface area contributed by atoms with Crippen molar-refractivity contribution < 1.29 is 9.53 Å². The number of ether oxygens (including phenoxy) is 1. The molecule has 2 unspecified atom stereocenters. The fourth-order valence-corrected chi connectivity index (χ4v) is 2.75. The molecule has 0 spiro atoms. The summed E-state index contributed by atoms with van der Waals surface area (Å²) in [5, 5.41) is 0. The number of likely N-dealkylation sites (tertiary alicyclic amines) is 1. The molecular formula is C14H19ClN2O2. The molecule has 0 bridgehead atoms. The van der Waals surface area contributed by atoms with Gasteiger partial charge in [0.15, 0.2) is 0 Å². The molecule has 1 aromatic rings. The molecule has 1 aliphatic carbocycles. The van der Waals surface area contributed by atoms with E-state index in [0.29, 0.717) is 12.3 Å². The molecule has 4 nitrogen and oxygen atoms in total. The van der Waals surface area contributed by atoms with Crippen molar-refractivity contribution >= 4 is 18.3 Å². The number of piperidine rings is 1. The predicted molar refractivity (Wildman–Crippen MR) is 75.6 cm³/mol. The van der Waals surface area contributed by atoms with E-state index in [4.69, 9.17) is 10.5 Å². The van der Waals surface area contributed by atoms with Crippen LogP contribution in [0.2, 0.25) is 0 Å². The van der Waals surface area contributed by atoms with E-state index in [9.17, 15) is 4.79 Å². The quantitative estimate of drug-likeness (QED) is 0.907. The Kier molecular flexibility index (Phi) is 3.74. The molecule has 2 atom stereocenters. The van der Waals surface area contributed by atoms with Crippen LogP contribution in [0, 0.1) is 5.92 Å². The lowest BCUT2D eigenvalue weighted by molar-refractivity contribution is -0.130. The zero-order valence-electron chi connectivity index (χ0n) is 11.0. The summed E-state index contributed by atoms with van der Waals surface area (Å²) in [7, 11) is 1.64. The second-order valence-corrected chi connectivity index (χ2v) is 5.43. The van der Waals surface area contributed by atoms with Crippen LogP contribution >= 0.6 is 12.4 Å². The van der Waals surface area contributed by atoms with E-state index in [1.807, 2.05) is 29.2 Å². The van der Waals surface area contributed by atoms with E-state index < -0.39 is 0 Å². The first-order valence-electron chi connectivity index (χ1n) is 6.30. The van der Waals surface area contributed by atoms with Crippen LogP contribution in [-0.4, -0.2) is 36.5 Å². The van der Waals surface area contributed by atoms with Crippen LogP contribution in [0.15, 0.2) is 24.3 Å². The standard InChI is InChI=1S/C14H18N2O2.ClH/c1-18-12-4-2-10(3-5-12)6-13(17)16-8-11-7-14(11,15)9-16;/h2-5,11H,6-9,15H2,1H3;1H. The summed E-state index contributed by atoms with van der Waals surface area (Å²) in [4.78, 5) is 14.0. The minimum absolute atomic E-state index is 0. The molecule has 5 heteroatoms. The highest BCUT2D eigenvalue weighted by Gasteiger charge is 2.58. The van der Waals surface area contributed by atoms with Gasteiger partial charge < -0.3 is 15.4 Å². The molecule has 104 valence electrons. The van der Waals surface area contributed by atoms with Crippen molar-refractivity contribution in [3.05, 3.63) is 29.8 Å². The highest BCUT2D eigenvalue weighted by Crippen LogP contribution is 2.47. The fraction of sp³-hybridized carbons (Fsp3) is 0.500. The number of carbonyl (C=O) groups excluding carboxylic acids is 1. The Bertz CT molecular complexity index is 477. The van der Waals surface area contributed by atoms with E-state index in [2.05, 4.69) is 0 Å². The summed E-state index contributed by atoms with van der Waals surface area (Å²) in [6.07, 6.45) is 1.53. The first-order valence-corrected chi connectivity index (χ1v) is 6.30. The average molecular weight is 283 g/mol. The minimum atomic E-state index is -0.0600. The van der Waals surface area contributed by atoms with E-state index >= 15 is 0 Å². The van der Waals surface area contributed by atoms with E-state index in [0.717, 1.165) is 30.8 Å². The molecule has 2 aliphatic rings.